The molecule has 1 saturated heterocycles. The molecule has 2 N–H and O–H groups in total. The molecule has 2 aliphatic heterocycles. The number of rotatable bonds is 6. The van der Waals surface area contributed by atoms with Crippen LogP contribution in [-0.2, 0) is 27.5 Å². The van der Waals surface area contributed by atoms with Gasteiger partial charge in [0.2, 0.25) is 17.6 Å². The molecule has 176 valence electrons. The molecule has 2 aliphatic rings. The van der Waals surface area contributed by atoms with Gasteiger partial charge in [-0.3, -0.25) is 29.3 Å². The van der Waals surface area contributed by atoms with E-state index in [1.165, 1.54) is 16.2 Å². The number of benzene rings is 2. The molecule has 35 heavy (non-hydrogen) atoms. The summed E-state index contributed by atoms with van der Waals surface area (Å²) in [4.78, 5) is 63.8. The number of thiophene rings is 1. The topological polar surface area (TPSA) is 113 Å². The lowest BCUT2D eigenvalue weighted by molar-refractivity contribution is -0.136. The third-order valence-corrected chi connectivity index (χ3v) is 7.29. The van der Waals surface area contributed by atoms with E-state index in [1.807, 2.05) is 30.3 Å². The molecule has 0 spiro atoms. The Hall–Kier alpha value is -4.11. The van der Waals surface area contributed by atoms with Crippen molar-refractivity contribution in [3.8, 4) is 11.1 Å². The highest BCUT2D eigenvalue weighted by Gasteiger charge is 2.40. The van der Waals surface area contributed by atoms with E-state index >= 15 is 0 Å². The van der Waals surface area contributed by atoms with Crippen molar-refractivity contribution < 1.29 is 24.0 Å². The summed E-state index contributed by atoms with van der Waals surface area (Å²) in [6.07, 6.45) is 0.470. The van der Waals surface area contributed by atoms with Gasteiger partial charge in [0.1, 0.15) is 6.04 Å². The van der Waals surface area contributed by atoms with Crippen molar-refractivity contribution in [1.82, 2.24) is 15.5 Å². The zero-order chi connectivity index (χ0) is 24.5. The smallest absolute Gasteiger partial charge is 0.292 e. The van der Waals surface area contributed by atoms with Crippen molar-refractivity contribution in [1.29, 1.82) is 0 Å². The first-order valence-corrected chi connectivity index (χ1v) is 12.0. The Morgan fingerprint density at radius 3 is 2.43 bits per heavy atom. The minimum atomic E-state index is -0.731. The predicted octanol–water partition coefficient (Wildman–Crippen LogP) is 2.68. The van der Waals surface area contributed by atoms with E-state index < -0.39 is 23.6 Å². The van der Waals surface area contributed by atoms with Gasteiger partial charge in [-0.15, -0.1) is 11.3 Å². The van der Waals surface area contributed by atoms with Gasteiger partial charge in [0.15, 0.2) is 0 Å². The van der Waals surface area contributed by atoms with Gasteiger partial charge in [-0.2, -0.15) is 0 Å². The highest BCUT2D eigenvalue weighted by molar-refractivity contribution is 7.10. The normalized spacial score (nSPS) is 17.2. The molecule has 2 aromatic carbocycles. The lowest BCUT2D eigenvalue weighted by atomic mass is 10.0. The third-order valence-electron chi connectivity index (χ3n) is 6.26. The van der Waals surface area contributed by atoms with Crippen LogP contribution in [0, 0.1) is 0 Å². The number of hydrogen-bond donors (Lipinski definition) is 2. The van der Waals surface area contributed by atoms with Crippen LogP contribution in [0.2, 0.25) is 0 Å². The first kappa shape index (κ1) is 22.7. The van der Waals surface area contributed by atoms with Gasteiger partial charge in [-0.05, 0) is 23.1 Å². The average molecular weight is 488 g/mol. The fourth-order valence-corrected chi connectivity index (χ4v) is 5.34. The summed E-state index contributed by atoms with van der Waals surface area (Å²) in [5.74, 6) is -2.44. The van der Waals surface area contributed by atoms with E-state index in [0.717, 1.165) is 21.6 Å². The maximum absolute atomic E-state index is 12.8. The van der Waals surface area contributed by atoms with Crippen molar-refractivity contribution in [2.24, 2.45) is 0 Å². The summed E-state index contributed by atoms with van der Waals surface area (Å²) < 4.78 is 0. The Bertz CT molecular complexity index is 1350. The van der Waals surface area contributed by atoms with Crippen LogP contribution in [0.5, 0.6) is 0 Å². The molecule has 0 radical (unpaired) electrons. The number of carbonyl (C=O) groups excluding carboxylic acids is 5. The van der Waals surface area contributed by atoms with Crippen LogP contribution in [0.4, 0.5) is 0 Å². The number of ketones is 1. The quantitative estimate of drug-likeness (QED) is 0.315. The highest BCUT2D eigenvalue weighted by Crippen LogP contribution is 2.33. The Kier molecular flexibility index (Phi) is 6.00. The number of imide groups is 1. The SMILES string of the molecule is O=C1CCC(N2Cc3c(csc3CNC(=O)C(=O)c3ccc(-c4ccccc4)cc3)C2=O)C(=O)N1. The molecule has 5 rings (SSSR count). The van der Waals surface area contributed by atoms with Gasteiger partial charge in [-0.1, -0.05) is 54.6 Å². The summed E-state index contributed by atoms with van der Waals surface area (Å²) in [5, 5.41) is 6.63. The Balaban J connectivity index is 1.22. The van der Waals surface area contributed by atoms with Crippen molar-refractivity contribution >= 4 is 40.7 Å². The van der Waals surface area contributed by atoms with Crippen LogP contribution in [0.15, 0.2) is 60.0 Å². The first-order valence-electron chi connectivity index (χ1n) is 11.1. The van der Waals surface area contributed by atoms with Crippen molar-refractivity contribution in [3.05, 3.63) is 81.5 Å². The van der Waals surface area contributed by atoms with Gasteiger partial charge in [0.05, 0.1) is 12.1 Å². The summed E-state index contributed by atoms with van der Waals surface area (Å²) in [7, 11) is 0. The Morgan fingerprint density at radius 2 is 1.71 bits per heavy atom. The minimum Gasteiger partial charge on any atom is -0.344 e. The van der Waals surface area contributed by atoms with E-state index in [1.54, 1.807) is 29.6 Å². The molecule has 1 unspecified atom stereocenters. The molecular formula is C26H21N3O5S. The van der Waals surface area contributed by atoms with Crippen LogP contribution in [0.1, 0.15) is 44.0 Å². The highest BCUT2D eigenvalue weighted by atomic mass is 32.1. The largest absolute Gasteiger partial charge is 0.344 e. The summed E-state index contributed by atoms with van der Waals surface area (Å²) in [6.45, 7) is 0.327. The number of fused-ring (bicyclic) bond motifs is 1. The number of amides is 4. The van der Waals surface area contributed by atoms with Crippen LogP contribution in [0.25, 0.3) is 11.1 Å². The molecule has 0 saturated carbocycles. The number of hydrogen-bond acceptors (Lipinski definition) is 6. The lowest BCUT2D eigenvalue weighted by Crippen LogP contribution is -2.52. The second kappa shape index (κ2) is 9.27. The van der Waals surface area contributed by atoms with Gasteiger partial charge in [0.25, 0.3) is 11.8 Å². The fourth-order valence-electron chi connectivity index (χ4n) is 4.37. The van der Waals surface area contributed by atoms with Crippen molar-refractivity contribution in [2.45, 2.75) is 32.0 Å². The van der Waals surface area contributed by atoms with E-state index in [4.69, 9.17) is 0 Å². The van der Waals surface area contributed by atoms with Crippen LogP contribution < -0.4 is 10.6 Å². The summed E-state index contributed by atoms with van der Waals surface area (Å²) in [5.41, 5.74) is 3.49. The third kappa shape index (κ3) is 4.38. The average Bonchev–Trinajstić information content (AvgIpc) is 3.42. The molecule has 1 fully saturated rings. The second-order valence-electron chi connectivity index (χ2n) is 8.41. The standard InChI is InChI=1S/C26H21N3O5S/c30-22-11-10-20(24(32)28-22)29-13-18-19(26(29)34)14-35-21(18)12-27-25(33)23(31)17-8-6-16(7-9-17)15-4-2-1-3-5-15/h1-9,14,20H,10-13H2,(H,27,33)(H,28,30,32). The van der Waals surface area contributed by atoms with Gasteiger partial charge < -0.3 is 10.2 Å². The molecular weight excluding hydrogens is 466 g/mol. The molecule has 4 amide bonds. The van der Waals surface area contributed by atoms with Crippen molar-refractivity contribution in [3.63, 3.8) is 0 Å². The van der Waals surface area contributed by atoms with Crippen LogP contribution in [0.3, 0.4) is 0 Å². The molecule has 9 heteroatoms. The fraction of sp³-hybridized carbons (Fsp3) is 0.192. The van der Waals surface area contributed by atoms with Gasteiger partial charge in [-0.25, -0.2) is 0 Å². The minimum absolute atomic E-state index is 0.100. The maximum Gasteiger partial charge on any atom is 0.292 e. The zero-order valence-electron chi connectivity index (χ0n) is 18.6. The second-order valence-corrected chi connectivity index (χ2v) is 9.37. The predicted molar refractivity (Wildman–Crippen MR) is 128 cm³/mol. The van der Waals surface area contributed by atoms with E-state index in [9.17, 15) is 24.0 Å². The number of Topliss-reactive ketones (excluding diaryl/α,β-unsaturated/α-hetero) is 1. The molecule has 8 nitrogen and oxygen atoms in total. The molecule has 1 aromatic heterocycles. The van der Waals surface area contributed by atoms with Crippen LogP contribution >= 0.6 is 11.3 Å². The Labute approximate surface area is 204 Å². The monoisotopic (exact) mass is 487 g/mol. The maximum atomic E-state index is 12.8. The molecule has 0 bridgehead atoms. The number of piperidine rings is 1. The van der Waals surface area contributed by atoms with Gasteiger partial charge >= 0.3 is 0 Å². The first-order chi connectivity index (χ1) is 16.9. The number of carbonyl (C=O) groups is 5. The van der Waals surface area contributed by atoms with E-state index in [0.29, 0.717) is 5.56 Å². The lowest BCUT2D eigenvalue weighted by Gasteiger charge is -2.29. The number of nitrogens with zero attached hydrogens (tertiary/aromatic N) is 1. The molecule has 1 atom stereocenters. The van der Waals surface area contributed by atoms with Crippen LogP contribution in [-0.4, -0.2) is 40.4 Å². The zero-order valence-corrected chi connectivity index (χ0v) is 19.4. The molecule has 0 aliphatic carbocycles. The Morgan fingerprint density at radius 1 is 1.00 bits per heavy atom. The summed E-state index contributed by atoms with van der Waals surface area (Å²) in [6, 6.07) is 15.9. The van der Waals surface area contributed by atoms with E-state index in [2.05, 4.69) is 10.6 Å². The summed E-state index contributed by atoms with van der Waals surface area (Å²) >= 11 is 1.33. The number of nitrogens with one attached hydrogen (secondary N) is 2. The van der Waals surface area contributed by atoms with Gasteiger partial charge in [0, 0.05) is 28.8 Å². The van der Waals surface area contributed by atoms with Crippen molar-refractivity contribution in [2.75, 3.05) is 0 Å². The molecule has 3 heterocycles. The van der Waals surface area contributed by atoms with E-state index in [-0.39, 0.29) is 43.3 Å². The molecule has 3 aromatic rings.